The maximum Gasteiger partial charge on any atom is 0.344 e. The maximum atomic E-state index is 13.6. The van der Waals surface area contributed by atoms with Gasteiger partial charge in [-0.05, 0) is 26.0 Å². The van der Waals surface area contributed by atoms with Gasteiger partial charge >= 0.3 is 11.9 Å². The Balaban J connectivity index is 1.87. The van der Waals surface area contributed by atoms with E-state index in [9.17, 15) is 18.4 Å². The molecule has 1 aromatic carbocycles. The molecule has 0 saturated carbocycles. The van der Waals surface area contributed by atoms with Crippen LogP contribution in [0.3, 0.4) is 0 Å². The summed E-state index contributed by atoms with van der Waals surface area (Å²) in [7, 11) is 0. The average molecular weight is 391 g/mol. The van der Waals surface area contributed by atoms with Crippen LogP contribution in [0.2, 0.25) is 0 Å². The molecule has 2 aromatic heterocycles. The minimum Gasteiger partial charge on any atom is -0.462 e. The van der Waals surface area contributed by atoms with Gasteiger partial charge in [0.25, 0.3) is 0 Å². The van der Waals surface area contributed by atoms with Crippen molar-refractivity contribution in [2.75, 3.05) is 12.3 Å². The number of nitrogen functional groups attached to an aromatic ring is 1. The number of ether oxygens (including phenoxy) is 2. The molecule has 0 aliphatic rings. The van der Waals surface area contributed by atoms with Crippen LogP contribution in [0.25, 0.3) is 11.1 Å². The molecule has 3 rings (SSSR count). The Bertz CT molecular complexity index is 1060. The van der Waals surface area contributed by atoms with Crippen LogP contribution < -0.4 is 5.73 Å². The topological polar surface area (TPSA) is 118 Å². The Hall–Kier alpha value is -3.56. The second-order valence-electron chi connectivity index (χ2n) is 5.63. The number of benzene rings is 1. The highest BCUT2D eigenvalue weighted by atomic mass is 19.1. The standard InChI is InChI=1S/C18H15F2N3O5/c1-3-26-17(24)12-8(2)28-16-14(12)15(21)22-11(23-16)7-27-18(25)13-9(19)5-4-6-10(13)20/h4-6H,3,7H2,1-2H3,(H2,21,22,23). The second kappa shape index (κ2) is 7.59. The summed E-state index contributed by atoms with van der Waals surface area (Å²) >= 11 is 0. The number of carbonyl (C=O) groups is 2. The first-order valence-electron chi connectivity index (χ1n) is 8.17. The van der Waals surface area contributed by atoms with Crippen molar-refractivity contribution in [1.29, 1.82) is 0 Å². The highest BCUT2D eigenvalue weighted by Gasteiger charge is 2.24. The highest BCUT2D eigenvalue weighted by molar-refractivity contribution is 6.07. The molecule has 28 heavy (non-hydrogen) atoms. The number of fused-ring (bicyclic) bond motifs is 1. The summed E-state index contributed by atoms with van der Waals surface area (Å²) in [5, 5.41) is 0.172. The van der Waals surface area contributed by atoms with Gasteiger partial charge in [0.2, 0.25) is 5.71 Å². The molecule has 0 spiro atoms. The number of aryl methyl sites for hydroxylation is 1. The molecular formula is C18H15F2N3O5. The normalized spacial score (nSPS) is 10.9. The molecule has 0 unspecified atom stereocenters. The molecule has 10 heteroatoms. The number of nitrogens with two attached hydrogens (primary N) is 1. The third-order valence-electron chi connectivity index (χ3n) is 3.78. The molecule has 0 atom stereocenters. The van der Waals surface area contributed by atoms with Gasteiger partial charge in [-0.15, -0.1) is 0 Å². The monoisotopic (exact) mass is 391 g/mol. The van der Waals surface area contributed by atoms with Gasteiger partial charge in [-0.25, -0.2) is 23.4 Å². The molecule has 0 aliphatic carbocycles. The van der Waals surface area contributed by atoms with Crippen LogP contribution >= 0.6 is 0 Å². The maximum absolute atomic E-state index is 13.6. The van der Waals surface area contributed by atoms with Crippen LogP contribution in [0, 0.1) is 18.6 Å². The number of halogens is 2. The molecule has 0 aliphatic heterocycles. The smallest absolute Gasteiger partial charge is 0.344 e. The first-order valence-corrected chi connectivity index (χ1v) is 8.17. The van der Waals surface area contributed by atoms with Gasteiger partial charge in [0.15, 0.2) is 12.4 Å². The van der Waals surface area contributed by atoms with Crippen molar-refractivity contribution < 1.29 is 32.3 Å². The zero-order chi connectivity index (χ0) is 20.4. The van der Waals surface area contributed by atoms with E-state index in [-0.39, 0.29) is 40.7 Å². The van der Waals surface area contributed by atoms with Gasteiger partial charge in [0.1, 0.15) is 34.3 Å². The zero-order valence-corrected chi connectivity index (χ0v) is 14.9. The van der Waals surface area contributed by atoms with E-state index in [0.717, 1.165) is 18.2 Å². The van der Waals surface area contributed by atoms with Gasteiger partial charge in [-0.1, -0.05) is 6.07 Å². The van der Waals surface area contributed by atoms with Gasteiger partial charge in [-0.3, -0.25) is 0 Å². The van der Waals surface area contributed by atoms with E-state index in [0.29, 0.717) is 0 Å². The van der Waals surface area contributed by atoms with Crippen LogP contribution in [-0.2, 0) is 16.1 Å². The third-order valence-corrected chi connectivity index (χ3v) is 3.78. The fourth-order valence-corrected chi connectivity index (χ4v) is 2.59. The summed E-state index contributed by atoms with van der Waals surface area (Å²) < 4.78 is 42.5. The number of rotatable bonds is 5. The first kappa shape index (κ1) is 19.2. The van der Waals surface area contributed by atoms with Crippen molar-refractivity contribution in [3.8, 4) is 0 Å². The van der Waals surface area contributed by atoms with E-state index in [4.69, 9.17) is 19.6 Å². The summed E-state index contributed by atoms with van der Waals surface area (Å²) in [6, 6.07) is 2.99. The van der Waals surface area contributed by atoms with E-state index < -0.39 is 35.7 Å². The number of aromatic nitrogens is 2. The largest absolute Gasteiger partial charge is 0.462 e. The molecular weight excluding hydrogens is 376 g/mol. The average Bonchev–Trinajstić information content (AvgIpc) is 2.96. The van der Waals surface area contributed by atoms with Crippen LogP contribution in [-0.4, -0.2) is 28.5 Å². The Morgan fingerprint density at radius 2 is 1.75 bits per heavy atom. The number of furan rings is 1. The van der Waals surface area contributed by atoms with Crippen LogP contribution in [0.5, 0.6) is 0 Å². The van der Waals surface area contributed by atoms with Crippen LogP contribution in [0.4, 0.5) is 14.6 Å². The third kappa shape index (κ3) is 3.48. The summed E-state index contributed by atoms with van der Waals surface area (Å²) in [6.45, 7) is 2.84. The molecule has 146 valence electrons. The van der Waals surface area contributed by atoms with E-state index >= 15 is 0 Å². The molecule has 0 saturated heterocycles. The molecule has 0 radical (unpaired) electrons. The van der Waals surface area contributed by atoms with Gasteiger partial charge in [0.05, 0.1) is 12.0 Å². The predicted octanol–water partition coefficient (Wildman–Crippen LogP) is 2.93. The van der Waals surface area contributed by atoms with E-state index in [1.165, 1.54) is 6.92 Å². The van der Waals surface area contributed by atoms with Crippen molar-refractivity contribution in [3.05, 3.63) is 52.5 Å². The summed E-state index contributed by atoms with van der Waals surface area (Å²) in [4.78, 5) is 32.0. The van der Waals surface area contributed by atoms with Crippen molar-refractivity contribution in [2.45, 2.75) is 20.5 Å². The number of hydrogen-bond acceptors (Lipinski definition) is 8. The zero-order valence-electron chi connectivity index (χ0n) is 14.9. The van der Waals surface area contributed by atoms with Gasteiger partial charge in [-0.2, -0.15) is 4.98 Å². The molecule has 3 aromatic rings. The second-order valence-corrected chi connectivity index (χ2v) is 5.63. The first-order chi connectivity index (χ1) is 13.3. The molecule has 0 bridgehead atoms. The Morgan fingerprint density at radius 1 is 1.11 bits per heavy atom. The van der Waals surface area contributed by atoms with Crippen LogP contribution in [0.1, 0.15) is 39.2 Å². The fourth-order valence-electron chi connectivity index (χ4n) is 2.59. The number of carbonyl (C=O) groups excluding carboxylic acids is 2. The van der Waals surface area contributed by atoms with E-state index in [1.54, 1.807) is 6.92 Å². The van der Waals surface area contributed by atoms with Gasteiger partial charge < -0.3 is 19.6 Å². The minimum absolute atomic E-state index is 0.00354. The molecule has 0 amide bonds. The molecule has 0 fully saturated rings. The van der Waals surface area contributed by atoms with E-state index in [1.807, 2.05) is 0 Å². The van der Waals surface area contributed by atoms with Crippen LogP contribution in [0.15, 0.2) is 22.6 Å². The predicted molar refractivity (Wildman–Crippen MR) is 92.4 cm³/mol. The molecule has 2 N–H and O–H groups in total. The number of esters is 2. The Kier molecular flexibility index (Phi) is 5.21. The lowest BCUT2D eigenvalue weighted by atomic mass is 10.2. The quantitative estimate of drug-likeness (QED) is 0.660. The van der Waals surface area contributed by atoms with Crippen molar-refractivity contribution in [3.63, 3.8) is 0 Å². The number of hydrogen-bond donors (Lipinski definition) is 1. The molecule has 2 heterocycles. The summed E-state index contributed by atoms with van der Waals surface area (Å²) in [6.07, 6.45) is 0. The van der Waals surface area contributed by atoms with Crippen molar-refractivity contribution in [1.82, 2.24) is 9.97 Å². The van der Waals surface area contributed by atoms with Crippen molar-refractivity contribution >= 4 is 28.9 Å². The van der Waals surface area contributed by atoms with Gasteiger partial charge in [0, 0.05) is 0 Å². The SMILES string of the molecule is CCOC(=O)c1c(C)oc2nc(COC(=O)c3c(F)cccc3F)nc(N)c12. The highest BCUT2D eigenvalue weighted by Crippen LogP contribution is 2.29. The Morgan fingerprint density at radius 3 is 2.39 bits per heavy atom. The lowest BCUT2D eigenvalue weighted by Gasteiger charge is -2.07. The number of nitrogens with zero attached hydrogens (tertiary/aromatic N) is 2. The Labute approximate surface area is 157 Å². The summed E-state index contributed by atoms with van der Waals surface area (Å²) in [5.74, 6) is -3.89. The van der Waals surface area contributed by atoms with E-state index in [2.05, 4.69) is 9.97 Å². The lowest BCUT2D eigenvalue weighted by molar-refractivity contribution is 0.0450. The lowest BCUT2D eigenvalue weighted by Crippen LogP contribution is -2.12. The fraction of sp³-hybridized carbons (Fsp3) is 0.222. The number of anilines is 1. The minimum atomic E-state index is -1.22. The summed E-state index contributed by atoms with van der Waals surface area (Å²) in [5.41, 5.74) is 5.17. The van der Waals surface area contributed by atoms with Crippen molar-refractivity contribution in [2.24, 2.45) is 0 Å². The molecule has 8 nitrogen and oxygen atoms in total.